The molecule has 2 aromatic rings. The van der Waals surface area contributed by atoms with E-state index in [-0.39, 0.29) is 5.25 Å². The highest BCUT2D eigenvalue weighted by Gasteiger charge is 2.29. The maximum atomic E-state index is 12.7. The van der Waals surface area contributed by atoms with Crippen molar-refractivity contribution < 1.29 is 8.42 Å². The number of rotatable bonds is 4. The van der Waals surface area contributed by atoms with Crippen molar-refractivity contribution in [2.45, 2.75) is 29.4 Å². The van der Waals surface area contributed by atoms with Crippen molar-refractivity contribution in [1.29, 1.82) is 0 Å². The van der Waals surface area contributed by atoms with Gasteiger partial charge in [-0.15, -0.1) is 0 Å². The van der Waals surface area contributed by atoms with Crippen LogP contribution in [-0.2, 0) is 9.84 Å². The lowest BCUT2D eigenvalue weighted by Gasteiger charge is -2.23. The third-order valence-corrected chi connectivity index (χ3v) is 6.49. The van der Waals surface area contributed by atoms with Crippen LogP contribution < -0.4 is 5.32 Å². The minimum Gasteiger partial charge on any atom is -0.386 e. The van der Waals surface area contributed by atoms with E-state index in [0.29, 0.717) is 17.7 Å². The van der Waals surface area contributed by atoms with Crippen LogP contribution in [0.3, 0.4) is 0 Å². The van der Waals surface area contributed by atoms with Gasteiger partial charge in [0, 0.05) is 13.2 Å². The standard InChI is InChI=1S/C18H20N2O2S/c1-19-17-8-5-13-20-18(17)14-9-11-16(12-10-14)23(21,22)15-6-3-2-4-7-15/h2-9,13,16,19H,10-12H2,1H3. The monoisotopic (exact) mass is 328 g/mol. The Labute approximate surface area is 137 Å². The summed E-state index contributed by atoms with van der Waals surface area (Å²) in [5, 5.41) is 2.79. The van der Waals surface area contributed by atoms with Crippen LogP contribution in [0.1, 0.15) is 25.0 Å². The normalized spacial score (nSPS) is 18.3. The van der Waals surface area contributed by atoms with Gasteiger partial charge in [-0.05, 0) is 49.1 Å². The van der Waals surface area contributed by atoms with Gasteiger partial charge in [0.15, 0.2) is 9.84 Å². The highest BCUT2D eigenvalue weighted by Crippen LogP contribution is 2.34. The quantitative estimate of drug-likeness (QED) is 0.933. The number of sulfone groups is 1. The molecule has 1 unspecified atom stereocenters. The molecule has 120 valence electrons. The van der Waals surface area contributed by atoms with E-state index in [2.05, 4.69) is 10.3 Å². The molecule has 0 spiro atoms. The van der Waals surface area contributed by atoms with Gasteiger partial charge in [0.2, 0.25) is 0 Å². The number of hydrogen-bond acceptors (Lipinski definition) is 4. The van der Waals surface area contributed by atoms with Crippen LogP contribution >= 0.6 is 0 Å². The first-order valence-corrected chi connectivity index (χ1v) is 9.28. The molecule has 1 heterocycles. The van der Waals surface area contributed by atoms with Gasteiger partial charge < -0.3 is 5.32 Å². The number of benzene rings is 1. The third kappa shape index (κ3) is 3.15. The number of hydrogen-bond donors (Lipinski definition) is 1. The first-order chi connectivity index (χ1) is 11.1. The van der Waals surface area contributed by atoms with E-state index in [4.69, 9.17) is 0 Å². The molecular formula is C18H20N2O2S. The first-order valence-electron chi connectivity index (χ1n) is 7.74. The minimum absolute atomic E-state index is 0.351. The Hall–Kier alpha value is -2.14. The van der Waals surface area contributed by atoms with E-state index in [9.17, 15) is 8.42 Å². The average molecular weight is 328 g/mol. The average Bonchev–Trinajstić information content (AvgIpc) is 2.62. The molecule has 0 radical (unpaired) electrons. The smallest absolute Gasteiger partial charge is 0.181 e. The zero-order chi connectivity index (χ0) is 16.3. The topological polar surface area (TPSA) is 59.1 Å². The number of pyridine rings is 1. The number of anilines is 1. The van der Waals surface area contributed by atoms with E-state index in [1.807, 2.05) is 31.3 Å². The summed E-state index contributed by atoms with van der Waals surface area (Å²) in [6.07, 6.45) is 5.68. The zero-order valence-corrected chi connectivity index (χ0v) is 13.9. The summed E-state index contributed by atoms with van der Waals surface area (Å²) >= 11 is 0. The lowest BCUT2D eigenvalue weighted by atomic mass is 9.95. The number of nitrogens with one attached hydrogen (secondary N) is 1. The van der Waals surface area contributed by atoms with Crippen molar-refractivity contribution in [2.75, 3.05) is 12.4 Å². The van der Waals surface area contributed by atoms with Crippen LogP contribution in [0.15, 0.2) is 59.6 Å². The molecule has 3 rings (SSSR count). The fourth-order valence-corrected chi connectivity index (χ4v) is 4.67. The van der Waals surface area contributed by atoms with Gasteiger partial charge in [-0.25, -0.2) is 8.42 Å². The van der Waals surface area contributed by atoms with Crippen molar-refractivity contribution in [2.24, 2.45) is 0 Å². The number of aromatic nitrogens is 1. The maximum absolute atomic E-state index is 12.7. The second-order valence-electron chi connectivity index (χ2n) is 5.63. The fourth-order valence-electron chi connectivity index (χ4n) is 2.97. The molecule has 0 fully saturated rings. The summed E-state index contributed by atoms with van der Waals surface area (Å²) < 4.78 is 25.4. The summed E-state index contributed by atoms with van der Waals surface area (Å²) in [5.74, 6) is 0. The van der Waals surface area contributed by atoms with Gasteiger partial charge in [-0.2, -0.15) is 0 Å². The predicted molar refractivity (Wildman–Crippen MR) is 93.0 cm³/mol. The summed E-state index contributed by atoms with van der Waals surface area (Å²) in [6, 6.07) is 12.6. The van der Waals surface area contributed by atoms with Crippen molar-refractivity contribution in [3.05, 3.63) is 60.4 Å². The number of nitrogens with zero attached hydrogens (tertiary/aromatic N) is 1. The molecule has 0 amide bonds. The lowest BCUT2D eigenvalue weighted by Crippen LogP contribution is -2.23. The minimum atomic E-state index is -3.26. The van der Waals surface area contributed by atoms with Crippen molar-refractivity contribution in [3.8, 4) is 0 Å². The molecule has 0 aliphatic heterocycles. The molecule has 1 aliphatic rings. The molecule has 1 aromatic carbocycles. The second-order valence-corrected chi connectivity index (χ2v) is 7.86. The van der Waals surface area contributed by atoms with Gasteiger partial charge in [0.1, 0.15) is 0 Å². The highest BCUT2D eigenvalue weighted by atomic mass is 32.2. The van der Waals surface area contributed by atoms with E-state index < -0.39 is 9.84 Å². The Balaban J connectivity index is 1.84. The molecule has 1 aromatic heterocycles. The zero-order valence-electron chi connectivity index (χ0n) is 13.1. The molecule has 0 saturated carbocycles. The summed E-state index contributed by atoms with van der Waals surface area (Å²) in [5.41, 5.74) is 3.02. The van der Waals surface area contributed by atoms with E-state index in [1.165, 1.54) is 0 Å². The third-order valence-electron chi connectivity index (χ3n) is 4.25. The molecule has 0 saturated heterocycles. The van der Waals surface area contributed by atoms with Crippen molar-refractivity contribution in [3.63, 3.8) is 0 Å². The predicted octanol–water partition coefficient (Wildman–Crippen LogP) is 3.53. The van der Waals surface area contributed by atoms with Crippen LogP contribution in [-0.4, -0.2) is 25.7 Å². The van der Waals surface area contributed by atoms with Crippen molar-refractivity contribution in [1.82, 2.24) is 4.98 Å². The van der Waals surface area contributed by atoms with Crippen LogP contribution in [0.5, 0.6) is 0 Å². The maximum Gasteiger partial charge on any atom is 0.181 e. The van der Waals surface area contributed by atoms with E-state index in [1.54, 1.807) is 30.5 Å². The molecule has 4 nitrogen and oxygen atoms in total. The Morgan fingerprint density at radius 1 is 1.13 bits per heavy atom. The molecule has 1 atom stereocenters. The first kappa shape index (κ1) is 15.7. The molecule has 1 aliphatic carbocycles. The van der Waals surface area contributed by atoms with E-state index >= 15 is 0 Å². The van der Waals surface area contributed by atoms with Crippen LogP contribution in [0.2, 0.25) is 0 Å². The van der Waals surface area contributed by atoms with Crippen LogP contribution in [0, 0.1) is 0 Å². The van der Waals surface area contributed by atoms with Gasteiger partial charge in [0.25, 0.3) is 0 Å². The Bertz CT molecular complexity index is 814. The molecular weight excluding hydrogens is 308 g/mol. The Morgan fingerprint density at radius 2 is 1.91 bits per heavy atom. The van der Waals surface area contributed by atoms with Gasteiger partial charge >= 0.3 is 0 Å². The van der Waals surface area contributed by atoms with Crippen molar-refractivity contribution >= 4 is 21.1 Å². The molecule has 5 heteroatoms. The van der Waals surface area contributed by atoms with Gasteiger partial charge in [-0.3, -0.25) is 4.98 Å². The Morgan fingerprint density at radius 3 is 2.57 bits per heavy atom. The van der Waals surface area contributed by atoms with Gasteiger partial charge in [0.05, 0.1) is 21.5 Å². The summed E-state index contributed by atoms with van der Waals surface area (Å²) in [4.78, 5) is 4.85. The molecule has 1 N–H and O–H groups in total. The highest BCUT2D eigenvalue weighted by molar-refractivity contribution is 7.92. The SMILES string of the molecule is CNc1cccnc1C1=CCC(S(=O)(=O)c2ccccc2)CC1. The van der Waals surface area contributed by atoms with Crippen LogP contribution in [0.4, 0.5) is 5.69 Å². The summed E-state index contributed by atoms with van der Waals surface area (Å²) in [6.45, 7) is 0. The van der Waals surface area contributed by atoms with Crippen LogP contribution in [0.25, 0.3) is 5.57 Å². The molecule has 23 heavy (non-hydrogen) atoms. The van der Waals surface area contributed by atoms with E-state index in [0.717, 1.165) is 23.4 Å². The lowest BCUT2D eigenvalue weighted by molar-refractivity contribution is 0.569. The largest absolute Gasteiger partial charge is 0.386 e. The summed E-state index contributed by atoms with van der Waals surface area (Å²) in [7, 11) is -1.40. The Kier molecular flexibility index (Phi) is 4.48. The molecule has 0 bridgehead atoms. The number of allylic oxidation sites excluding steroid dienone is 2. The second kappa shape index (κ2) is 6.54. The van der Waals surface area contributed by atoms with Gasteiger partial charge in [-0.1, -0.05) is 24.3 Å². The fraction of sp³-hybridized carbons (Fsp3) is 0.278.